The molecule has 2 heterocycles. The van der Waals surface area contributed by atoms with Gasteiger partial charge in [-0.2, -0.15) is 0 Å². The summed E-state index contributed by atoms with van der Waals surface area (Å²) in [5.41, 5.74) is -1.06. The molecule has 1 aromatic heterocycles. The molecule has 1 aromatic carbocycles. The lowest BCUT2D eigenvalue weighted by atomic mass is 10.1. The van der Waals surface area contributed by atoms with Gasteiger partial charge < -0.3 is 14.7 Å². The molecule has 2 aromatic rings. The number of aromatic nitrogens is 2. The number of thioether (sulfide) groups is 1. The van der Waals surface area contributed by atoms with Crippen LogP contribution in [-0.4, -0.2) is 16.6 Å². The predicted molar refractivity (Wildman–Crippen MR) is 77.8 cm³/mol. The molecular weight excluding hydrogens is 314 g/mol. The smallest absolute Gasteiger partial charge is 0.313 e. The van der Waals surface area contributed by atoms with Crippen LogP contribution in [0.4, 0.5) is 8.78 Å². The highest BCUT2D eigenvalue weighted by molar-refractivity contribution is 8.00. The van der Waals surface area contributed by atoms with Crippen LogP contribution in [0, 0.1) is 0 Å². The molecule has 0 bridgehead atoms. The van der Waals surface area contributed by atoms with Gasteiger partial charge in [-0.05, 0) is 19.1 Å². The van der Waals surface area contributed by atoms with Crippen LogP contribution in [0.25, 0.3) is 0 Å². The summed E-state index contributed by atoms with van der Waals surface area (Å²) in [5.74, 6) is 0.395. The SMILES string of the molecule is CC1(c2c[nH]c(=O)c(=O)[nH]2)COc2cc(C(F)F)ccc2S1. The lowest BCUT2D eigenvalue weighted by molar-refractivity contribution is 0.150. The standard InChI is InChI=1S/C14H12F2N2O3S/c1-14(10-5-17-12(19)13(20)18-10)6-21-8-4-7(11(15)16)2-3-9(8)22-14/h2-5,11H,6H2,1H3,(H,17,19)(H,18,20). The molecule has 3 rings (SSSR count). The zero-order chi connectivity index (χ0) is 15.9. The van der Waals surface area contributed by atoms with E-state index in [0.29, 0.717) is 16.3 Å². The zero-order valence-corrected chi connectivity index (χ0v) is 12.3. The minimum Gasteiger partial charge on any atom is -0.491 e. The Morgan fingerprint density at radius 3 is 2.77 bits per heavy atom. The maximum absolute atomic E-state index is 12.7. The molecular formula is C14H12F2N2O3S. The van der Waals surface area contributed by atoms with E-state index in [4.69, 9.17) is 4.74 Å². The summed E-state index contributed by atoms with van der Waals surface area (Å²) in [7, 11) is 0. The topological polar surface area (TPSA) is 75.0 Å². The number of H-pyrrole nitrogens is 2. The molecule has 0 saturated heterocycles. The quantitative estimate of drug-likeness (QED) is 0.831. The number of hydrogen-bond acceptors (Lipinski definition) is 4. The second-order valence-corrected chi connectivity index (χ2v) is 6.66. The van der Waals surface area contributed by atoms with Crippen molar-refractivity contribution in [3.8, 4) is 5.75 Å². The molecule has 1 unspecified atom stereocenters. The fraction of sp³-hybridized carbons (Fsp3) is 0.286. The number of aromatic amines is 2. The van der Waals surface area contributed by atoms with E-state index in [-0.39, 0.29) is 12.2 Å². The van der Waals surface area contributed by atoms with Gasteiger partial charge in [0.1, 0.15) is 12.4 Å². The Hall–Kier alpha value is -2.09. The Labute approximate surface area is 127 Å². The van der Waals surface area contributed by atoms with Crippen LogP contribution >= 0.6 is 11.8 Å². The minimum absolute atomic E-state index is 0.0969. The molecule has 2 N–H and O–H groups in total. The first-order chi connectivity index (χ1) is 10.4. The molecule has 0 amide bonds. The van der Waals surface area contributed by atoms with Crippen molar-refractivity contribution in [3.05, 3.63) is 56.4 Å². The van der Waals surface area contributed by atoms with Gasteiger partial charge >= 0.3 is 11.1 Å². The van der Waals surface area contributed by atoms with Crippen molar-refractivity contribution in [1.82, 2.24) is 9.97 Å². The van der Waals surface area contributed by atoms with Gasteiger partial charge in [0.2, 0.25) is 0 Å². The fourth-order valence-corrected chi connectivity index (χ4v) is 3.36. The number of hydrogen-bond donors (Lipinski definition) is 2. The van der Waals surface area contributed by atoms with Crippen molar-refractivity contribution in [2.45, 2.75) is 23.0 Å². The second kappa shape index (κ2) is 5.28. The first kappa shape index (κ1) is 14.8. The fourth-order valence-electron chi connectivity index (χ4n) is 2.18. The molecule has 0 aliphatic carbocycles. The molecule has 0 radical (unpaired) electrons. The summed E-state index contributed by atoms with van der Waals surface area (Å²) in [6, 6.07) is 4.24. The van der Waals surface area contributed by atoms with Crippen molar-refractivity contribution in [1.29, 1.82) is 0 Å². The van der Waals surface area contributed by atoms with E-state index in [1.54, 1.807) is 6.07 Å². The molecule has 1 aliphatic heterocycles. The molecule has 0 fully saturated rings. The van der Waals surface area contributed by atoms with Crippen LogP contribution in [0.1, 0.15) is 24.6 Å². The normalized spacial score (nSPS) is 20.5. The number of alkyl halides is 2. The van der Waals surface area contributed by atoms with Crippen LogP contribution in [0.15, 0.2) is 38.9 Å². The number of ether oxygens (including phenoxy) is 1. The minimum atomic E-state index is -2.55. The average Bonchev–Trinajstić information content (AvgIpc) is 2.49. The summed E-state index contributed by atoms with van der Waals surface area (Å²) in [4.78, 5) is 28.2. The number of halogens is 2. The molecule has 5 nitrogen and oxygen atoms in total. The van der Waals surface area contributed by atoms with E-state index in [0.717, 1.165) is 0 Å². The largest absolute Gasteiger partial charge is 0.491 e. The van der Waals surface area contributed by atoms with Crippen molar-refractivity contribution < 1.29 is 13.5 Å². The van der Waals surface area contributed by atoms with Crippen molar-refractivity contribution in [2.24, 2.45) is 0 Å². The van der Waals surface area contributed by atoms with Gasteiger partial charge in [0, 0.05) is 11.8 Å². The maximum Gasteiger partial charge on any atom is 0.313 e. The van der Waals surface area contributed by atoms with E-state index in [1.165, 1.54) is 30.1 Å². The Balaban J connectivity index is 1.97. The first-order valence-electron chi connectivity index (χ1n) is 6.45. The zero-order valence-electron chi connectivity index (χ0n) is 11.5. The van der Waals surface area contributed by atoms with Crippen molar-refractivity contribution in [2.75, 3.05) is 6.61 Å². The third kappa shape index (κ3) is 2.54. The van der Waals surface area contributed by atoms with E-state index in [2.05, 4.69) is 9.97 Å². The summed E-state index contributed by atoms with van der Waals surface area (Å²) < 4.78 is 30.4. The average molecular weight is 326 g/mol. The third-order valence-corrected chi connectivity index (χ3v) is 4.78. The van der Waals surface area contributed by atoms with Crippen LogP contribution < -0.4 is 15.9 Å². The van der Waals surface area contributed by atoms with Crippen LogP contribution in [0.2, 0.25) is 0 Å². The van der Waals surface area contributed by atoms with Gasteiger partial charge in [-0.25, -0.2) is 8.78 Å². The maximum atomic E-state index is 12.7. The van der Waals surface area contributed by atoms with Crippen LogP contribution in [-0.2, 0) is 4.75 Å². The lowest BCUT2D eigenvalue weighted by Crippen LogP contribution is -2.37. The van der Waals surface area contributed by atoms with Crippen molar-refractivity contribution in [3.63, 3.8) is 0 Å². The monoisotopic (exact) mass is 326 g/mol. The van der Waals surface area contributed by atoms with Gasteiger partial charge in [0.05, 0.1) is 15.3 Å². The highest BCUT2D eigenvalue weighted by Gasteiger charge is 2.35. The summed E-state index contributed by atoms with van der Waals surface area (Å²) >= 11 is 1.39. The second-order valence-electron chi connectivity index (χ2n) is 5.11. The first-order valence-corrected chi connectivity index (χ1v) is 7.27. The van der Waals surface area contributed by atoms with E-state index in [1.807, 2.05) is 6.92 Å². The lowest BCUT2D eigenvalue weighted by Gasteiger charge is -2.33. The van der Waals surface area contributed by atoms with Gasteiger partial charge in [-0.1, -0.05) is 6.07 Å². The number of benzene rings is 1. The number of nitrogens with one attached hydrogen (secondary N) is 2. The Morgan fingerprint density at radius 1 is 1.32 bits per heavy atom. The molecule has 8 heteroatoms. The third-order valence-electron chi connectivity index (χ3n) is 3.43. The molecule has 0 saturated carbocycles. The van der Waals surface area contributed by atoms with E-state index < -0.39 is 22.3 Å². The Morgan fingerprint density at radius 2 is 2.09 bits per heavy atom. The number of rotatable bonds is 2. The highest BCUT2D eigenvalue weighted by atomic mass is 32.2. The summed E-state index contributed by atoms with van der Waals surface area (Å²) in [6.07, 6.45) is -1.12. The molecule has 1 atom stereocenters. The Kier molecular flexibility index (Phi) is 3.56. The van der Waals surface area contributed by atoms with Gasteiger partial charge in [-0.3, -0.25) is 9.59 Å². The van der Waals surface area contributed by atoms with Crippen LogP contribution in [0.3, 0.4) is 0 Å². The summed E-state index contributed by atoms with van der Waals surface area (Å²) in [6.45, 7) is 2.02. The van der Waals surface area contributed by atoms with E-state index >= 15 is 0 Å². The molecule has 116 valence electrons. The highest BCUT2D eigenvalue weighted by Crippen LogP contribution is 2.48. The Bertz CT molecular complexity index is 833. The van der Waals surface area contributed by atoms with Gasteiger partial charge in [0.25, 0.3) is 6.43 Å². The van der Waals surface area contributed by atoms with Gasteiger partial charge in [-0.15, -0.1) is 11.8 Å². The van der Waals surface area contributed by atoms with Crippen molar-refractivity contribution >= 4 is 11.8 Å². The predicted octanol–water partition coefficient (Wildman–Crippen LogP) is 2.40. The van der Waals surface area contributed by atoms with Crippen LogP contribution in [0.5, 0.6) is 5.75 Å². The van der Waals surface area contributed by atoms with E-state index in [9.17, 15) is 18.4 Å². The molecule has 22 heavy (non-hydrogen) atoms. The molecule has 0 spiro atoms. The number of fused-ring (bicyclic) bond motifs is 1. The molecule has 1 aliphatic rings. The van der Waals surface area contributed by atoms with Gasteiger partial charge in [0.15, 0.2) is 0 Å². The summed E-state index contributed by atoms with van der Waals surface area (Å²) in [5, 5.41) is 0.